The van der Waals surface area contributed by atoms with Gasteiger partial charge in [-0.3, -0.25) is 14.4 Å². The summed E-state index contributed by atoms with van der Waals surface area (Å²) in [6, 6.07) is 12.1. The summed E-state index contributed by atoms with van der Waals surface area (Å²) in [4.78, 5) is 10.9. The van der Waals surface area contributed by atoms with Crippen LogP contribution in [-0.2, 0) is 17.1 Å². The van der Waals surface area contributed by atoms with Gasteiger partial charge in [-0.2, -0.15) is 0 Å². The molecule has 11 heteroatoms. The van der Waals surface area contributed by atoms with Gasteiger partial charge in [0.05, 0.1) is 21.5 Å². The van der Waals surface area contributed by atoms with Crippen molar-refractivity contribution in [2.24, 2.45) is 7.05 Å². The van der Waals surface area contributed by atoms with Crippen molar-refractivity contribution in [2.75, 3.05) is 16.2 Å². The second kappa shape index (κ2) is 8.49. The van der Waals surface area contributed by atoms with Crippen LogP contribution in [-0.4, -0.2) is 34.7 Å². The Morgan fingerprint density at radius 2 is 1.93 bits per heavy atom. The minimum atomic E-state index is -3.98. The molecule has 0 aliphatic carbocycles. The predicted molar refractivity (Wildman–Crippen MR) is 113 cm³/mol. The van der Waals surface area contributed by atoms with E-state index in [-0.39, 0.29) is 28.9 Å². The monoisotopic (exact) mass is 430 g/mol. The summed E-state index contributed by atoms with van der Waals surface area (Å²) in [5.74, 6) is 0.585. The average Bonchev–Trinajstić information content (AvgIpc) is 3.15. The van der Waals surface area contributed by atoms with Gasteiger partial charge in [0.25, 0.3) is 15.7 Å². The lowest BCUT2D eigenvalue weighted by molar-refractivity contribution is -0.384. The third-order valence-electron chi connectivity index (χ3n) is 4.59. The number of nitrogens with one attached hydrogen (secondary N) is 1. The number of aryl methyl sites for hydroxylation is 1. The van der Waals surface area contributed by atoms with Gasteiger partial charge in [0.2, 0.25) is 0 Å². The lowest BCUT2D eigenvalue weighted by Crippen LogP contribution is -2.30. The highest BCUT2D eigenvalue weighted by atomic mass is 32.2. The highest BCUT2D eigenvalue weighted by Crippen LogP contribution is 2.32. The van der Waals surface area contributed by atoms with Crippen LogP contribution in [0.25, 0.3) is 0 Å². The Bertz CT molecular complexity index is 1150. The fraction of sp³-hybridized carbons (Fsp3) is 0.263. The number of nitrogens with zero attached hydrogens (tertiary/aromatic N) is 5. The molecule has 0 unspecified atom stereocenters. The summed E-state index contributed by atoms with van der Waals surface area (Å²) in [6.07, 6.45) is 1.53. The van der Waals surface area contributed by atoms with E-state index in [0.29, 0.717) is 11.5 Å². The summed E-state index contributed by atoms with van der Waals surface area (Å²) in [5, 5.41) is 22.5. The van der Waals surface area contributed by atoms with E-state index in [1.54, 1.807) is 55.8 Å². The maximum atomic E-state index is 13.2. The topological polar surface area (TPSA) is 123 Å². The van der Waals surface area contributed by atoms with E-state index in [4.69, 9.17) is 0 Å². The molecule has 0 bridgehead atoms. The zero-order valence-electron chi connectivity index (χ0n) is 16.8. The Labute approximate surface area is 174 Å². The molecule has 1 heterocycles. The van der Waals surface area contributed by atoms with Crippen molar-refractivity contribution in [2.45, 2.75) is 24.8 Å². The Morgan fingerprint density at radius 1 is 1.23 bits per heavy atom. The zero-order valence-corrected chi connectivity index (χ0v) is 17.6. The molecule has 3 aromatic rings. The first-order chi connectivity index (χ1) is 14.3. The van der Waals surface area contributed by atoms with Gasteiger partial charge in [-0.15, -0.1) is 10.2 Å². The van der Waals surface area contributed by atoms with Crippen molar-refractivity contribution in [1.29, 1.82) is 0 Å². The SMILES string of the molecule is CCN(c1ccccc1)S(=O)(=O)c1ccc(N[C@H](C)c2nncn2C)c([N+](=O)[O-])c1. The molecule has 30 heavy (non-hydrogen) atoms. The quantitative estimate of drug-likeness (QED) is 0.430. The number of hydrogen-bond acceptors (Lipinski definition) is 7. The number of para-hydroxylation sites is 1. The van der Waals surface area contributed by atoms with Crippen molar-refractivity contribution in [3.63, 3.8) is 0 Å². The molecule has 0 fully saturated rings. The normalized spacial score (nSPS) is 12.4. The van der Waals surface area contributed by atoms with Crippen LogP contribution in [0.3, 0.4) is 0 Å². The first kappa shape index (κ1) is 21.2. The molecule has 2 aromatic carbocycles. The number of sulfonamides is 1. The van der Waals surface area contributed by atoms with E-state index in [1.807, 2.05) is 0 Å². The fourth-order valence-electron chi connectivity index (χ4n) is 3.14. The van der Waals surface area contributed by atoms with Crippen molar-refractivity contribution < 1.29 is 13.3 Å². The summed E-state index contributed by atoms with van der Waals surface area (Å²) in [6.45, 7) is 3.67. The summed E-state index contributed by atoms with van der Waals surface area (Å²) in [7, 11) is -2.22. The van der Waals surface area contributed by atoms with Crippen molar-refractivity contribution in [3.8, 4) is 0 Å². The van der Waals surface area contributed by atoms with Crippen molar-refractivity contribution >= 4 is 27.1 Å². The number of rotatable bonds is 8. The van der Waals surface area contributed by atoms with Gasteiger partial charge in [-0.05, 0) is 38.1 Å². The minimum Gasteiger partial charge on any atom is -0.370 e. The molecule has 1 N–H and O–H groups in total. The van der Waals surface area contributed by atoms with Gasteiger partial charge in [-0.25, -0.2) is 8.42 Å². The Balaban J connectivity index is 1.98. The van der Waals surface area contributed by atoms with Crippen LogP contribution < -0.4 is 9.62 Å². The highest BCUT2D eigenvalue weighted by molar-refractivity contribution is 7.92. The highest BCUT2D eigenvalue weighted by Gasteiger charge is 2.27. The van der Waals surface area contributed by atoms with E-state index in [2.05, 4.69) is 15.5 Å². The largest absolute Gasteiger partial charge is 0.370 e. The predicted octanol–water partition coefficient (Wildman–Crippen LogP) is 3.11. The molecule has 10 nitrogen and oxygen atoms in total. The van der Waals surface area contributed by atoms with Gasteiger partial charge >= 0.3 is 0 Å². The van der Waals surface area contributed by atoms with Crippen LogP contribution in [0.5, 0.6) is 0 Å². The molecule has 1 aromatic heterocycles. The second-order valence-corrected chi connectivity index (χ2v) is 8.47. The third kappa shape index (κ3) is 4.10. The molecule has 3 rings (SSSR count). The van der Waals surface area contributed by atoms with Gasteiger partial charge < -0.3 is 9.88 Å². The van der Waals surface area contributed by atoms with E-state index in [9.17, 15) is 18.5 Å². The maximum Gasteiger partial charge on any atom is 0.293 e. The van der Waals surface area contributed by atoms with Crippen LogP contribution >= 0.6 is 0 Å². The van der Waals surface area contributed by atoms with E-state index >= 15 is 0 Å². The molecular weight excluding hydrogens is 408 g/mol. The zero-order chi connectivity index (χ0) is 21.9. The molecule has 0 amide bonds. The fourth-order valence-corrected chi connectivity index (χ4v) is 4.63. The summed E-state index contributed by atoms with van der Waals surface area (Å²) < 4.78 is 29.2. The number of nitro groups is 1. The standard InChI is InChI=1S/C19H22N6O4S/c1-4-24(15-8-6-5-7-9-15)30(28,29)16-10-11-17(18(12-16)25(26)27)21-14(2)19-22-20-13-23(19)3/h5-14,21H,4H2,1-3H3/t14-/m1/s1. The Kier molecular flexibility index (Phi) is 6.01. The Hall–Kier alpha value is -3.47. The molecule has 0 spiro atoms. The second-order valence-electron chi connectivity index (χ2n) is 6.61. The maximum absolute atomic E-state index is 13.2. The molecular formula is C19H22N6O4S. The smallest absolute Gasteiger partial charge is 0.293 e. The van der Waals surface area contributed by atoms with Gasteiger partial charge in [0.15, 0.2) is 5.82 Å². The first-order valence-corrected chi connectivity index (χ1v) is 10.7. The lowest BCUT2D eigenvalue weighted by Gasteiger charge is -2.23. The Morgan fingerprint density at radius 3 is 2.50 bits per heavy atom. The molecule has 1 atom stereocenters. The average molecular weight is 430 g/mol. The molecule has 0 saturated carbocycles. The molecule has 158 valence electrons. The summed E-state index contributed by atoms with van der Waals surface area (Å²) >= 11 is 0. The van der Waals surface area contributed by atoms with E-state index in [1.165, 1.54) is 22.8 Å². The van der Waals surface area contributed by atoms with Crippen LogP contribution in [0.4, 0.5) is 17.1 Å². The molecule has 0 aliphatic rings. The number of anilines is 2. The lowest BCUT2D eigenvalue weighted by atomic mass is 10.2. The van der Waals surface area contributed by atoms with E-state index < -0.39 is 14.9 Å². The number of nitro benzene ring substituents is 1. The van der Waals surface area contributed by atoms with Gasteiger partial charge in [0.1, 0.15) is 12.0 Å². The number of aromatic nitrogens is 3. The molecule has 0 aliphatic heterocycles. The van der Waals surface area contributed by atoms with Crippen LogP contribution in [0.2, 0.25) is 0 Å². The first-order valence-electron chi connectivity index (χ1n) is 9.22. The van der Waals surface area contributed by atoms with Crippen LogP contribution in [0.1, 0.15) is 25.7 Å². The molecule has 0 saturated heterocycles. The van der Waals surface area contributed by atoms with Crippen molar-refractivity contribution in [1.82, 2.24) is 14.8 Å². The van der Waals surface area contributed by atoms with Gasteiger partial charge in [-0.1, -0.05) is 18.2 Å². The van der Waals surface area contributed by atoms with Crippen LogP contribution in [0.15, 0.2) is 59.8 Å². The van der Waals surface area contributed by atoms with Crippen LogP contribution in [0, 0.1) is 10.1 Å². The van der Waals surface area contributed by atoms with E-state index in [0.717, 1.165) is 6.07 Å². The third-order valence-corrected chi connectivity index (χ3v) is 6.49. The number of hydrogen-bond donors (Lipinski definition) is 1. The summed E-state index contributed by atoms with van der Waals surface area (Å²) in [5.41, 5.74) is 0.340. The number of benzene rings is 2. The molecule has 0 radical (unpaired) electrons. The van der Waals surface area contributed by atoms with Gasteiger partial charge in [0, 0.05) is 19.7 Å². The van der Waals surface area contributed by atoms with Crippen molar-refractivity contribution in [3.05, 3.63) is 70.8 Å². The minimum absolute atomic E-state index is 0.156.